The van der Waals surface area contributed by atoms with Gasteiger partial charge in [-0.1, -0.05) is 48.5 Å². The van der Waals surface area contributed by atoms with Gasteiger partial charge >= 0.3 is 0 Å². The third kappa shape index (κ3) is 4.11. The summed E-state index contributed by atoms with van der Waals surface area (Å²) >= 11 is 0. The van der Waals surface area contributed by atoms with E-state index in [1.807, 2.05) is 0 Å². The zero-order valence-corrected chi connectivity index (χ0v) is 18.4. The lowest BCUT2D eigenvalue weighted by Crippen LogP contribution is -2.25. The minimum atomic E-state index is -3.88. The highest BCUT2D eigenvalue weighted by Gasteiger charge is 2.49. The van der Waals surface area contributed by atoms with Gasteiger partial charge < -0.3 is 9.47 Å². The molecule has 6 nitrogen and oxygen atoms in total. The van der Waals surface area contributed by atoms with Crippen LogP contribution in [-0.4, -0.2) is 34.6 Å². The number of rotatable bonds is 6. The summed E-state index contributed by atoms with van der Waals surface area (Å²) in [6, 6.07) is 22.8. The second kappa shape index (κ2) is 8.45. The summed E-state index contributed by atoms with van der Waals surface area (Å²) < 4.78 is 64.4. The van der Waals surface area contributed by atoms with E-state index in [2.05, 4.69) is 0 Å². The topological polar surface area (TPSA) is 86.7 Å². The summed E-state index contributed by atoms with van der Waals surface area (Å²) in [7, 11) is -6.19. The standard InChI is InChI=1S/C23H22O6S2/c1-28-18-14-12-17(13-15-18)23-21(30(24,25)19-8-4-2-5-9-19)16-22(29-23)31(26,27)20-10-6-3-7-11-20/h2-15,21-23H,16H2,1H3/t21?,22-,23+/m0/s1. The van der Waals surface area contributed by atoms with Gasteiger partial charge in [-0.15, -0.1) is 0 Å². The van der Waals surface area contributed by atoms with Gasteiger partial charge in [0.2, 0.25) is 9.84 Å². The lowest BCUT2D eigenvalue weighted by atomic mass is 10.1. The predicted molar refractivity (Wildman–Crippen MR) is 116 cm³/mol. The molecule has 4 rings (SSSR count). The Kier molecular flexibility index (Phi) is 5.88. The molecule has 31 heavy (non-hydrogen) atoms. The lowest BCUT2D eigenvalue weighted by molar-refractivity contribution is 0.0878. The lowest BCUT2D eigenvalue weighted by Gasteiger charge is -2.19. The van der Waals surface area contributed by atoms with Crippen LogP contribution in [0.25, 0.3) is 0 Å². The van der Waals surface area contributed by atoms with E-state index < -0.39 is 36.5 Å². The molecular weight excluding hydrogens is 436 g/mol. The Morgan fingerprint density at radius 1 is 0.742 bits per heavy atom. The van der Waals surface area contributed by atoms with Gasteiger partial charge in [0.1, 0.15) is 11.9 Å². The Bertz CT molecular complexity index is 1240. The maximum absolute atomic E-state index is 13.5. The predicted octanol–water partition coefficient (Wildman–Crippen LogP) is 3.80. The monoisotopic (exact) mass is 458 g/mol. The number of hydrogen-bond acceptors (Lipinski definition) is 6. The zero-order chi connectivity index (χ0) is 22.1. The van der Waals surface area contributed by atoms with Gasteiger partial charge in [-0.2, -0.15) is 0 Å². The molecule has 0 amide bonds. The molecule has 1 aliphatic heterocycles. The second-order valence-corrected chi connectivity index (χ2v) is 11.5. The van der Waals surface area contributed by atoms with Crippen LogP contribution in [0, 0.1) is 0 Å². The normalized spacial score (nSPS) is 21.6. The van der Waals surface area contributed by atoms with Gasteiger partial charge in [0.05, 0.1) is 22.2 Å². The van der Waals surface area contributed by atoms with Gasteiger partial charge in [0.25, 0.3) is 0 Å². The molecule has 162 valence electrons. The molecule has 1 unspecified atom stereocenters. The highest BCUT2D eigenvalue weighted by molar-refractivity contribution is 7.93. The number of ether oxygens (including phenoxy) is 2. The molecule has 0 aromatic heterocycles. The van der Waals surface area contributed by atoms with Crippen molar-refractivity contribution < 1.29 is 26.3 Å². The van der Waals surface area contributed by atoms with Crippen molar-refractivity contribution in [3.8, 4) is 5.75 Å². The van der Waals surface area contributed by atoms with E-state index in [0.29, 0.717) is 11.3 Å². The van der Waals surface area contributed by atoms with Crippen LogP contribution >= 0.6 is 0 Å². The summed E-state index contributed by atoms with van der Waals surface area (Å²) in [5.41, 5.74) is -0.693. The Hall–Kier alpha value is -2.68. The van der Waals surface area contributed by atoms with Crippen molar-refractivity contribution in [1.29, 1.82) is 0 Å². The molecule has 3 atom stereocenters. The Morgan fingerprint density at radius 2 is 1.26 bits per heavy atom. The molecule has 0 aliphatic carbocycles. The van der Waals surface area contributed by atoms with Crippen molar-refractivity contribution in [3.05, 3.63) is 90.5 Å². The molecule has 3 aromatic carbocycles. The molecule has 8 heteroatoms. The summed E-state index contributed by atoms with van der Waals surface area (Å²) in [5.74, 6) is 0.609. The number of sulfone groups is 2. The van der Waals surface area contributed by atoms with Crippen molar-refractivity contribution in [2.24, 2.45) is 0 Å². The molecule has 1 saturated heterocycles. The van der Waals surface area contributed by atoms with E-state index in [-0.39, 0.29) is 16.2 Å². The highest BCUT2D eigenvalue weighted by atomic mass is 32.2. The summed E-state index contributed by atoms with van der Waals surface area (Å²) in [6.45, 7) is 0. The van der Waals surface area contributed by atoms with Crippen LogP contribution in [-0.2, 0) is 24.4 Å². The second-order valence-electron chi connectivity index (χ2n) is 7.25. The molecule has 0 N–H and O–H groups in total. The minimum absolute atomic E-state index is 0.103. The maximum atomic E-state index is 13.5. The van der Waals surface area contributed by atoms with E-state index in [1.54, 1.807) is 60.7 Å². The molecular formula is C23H22O6S2. The van der Waals surface area contributed by atoms with Crippen molar-refractivity contribution >= 4 is 19.7 Å². The largest absolute Gasteiger partial charge is 0.497 e. The average molecular weight is 459 g/mol. The number of benzene rings is 3. The zero-order valence-electron chi connectivity index (χ0n) is 16.8. The average Bonchev–Trinajstić information content (AvgIpc) is 3.28. The van der Waals surface area contributed by atoms with Gasteiger partial charge in [-0.05, 0) is 42.0 Å². The first-order valence-electron chi connectivity index (χ1n) is 9.71. The van der Waals surface area contributed by atoms with E-state index in [4.69, 9.17) is 9.47 Å². The molecule has 1 aliphatic rings. The highest BCUT2D eigenvalue weighted by Crippen LogP contribution is 2.43. The third-order valence-electron chi connectivity index (χ3n) is 5.39. The Morgan fingerprint density at radius 3 is 1.77 bits per heavy atom. The fourth-order valence-corrected chi connectivity index (χ4v) is 7.29. The quantitative estimate of drug-likeness (QED) is 0.558. The molecule has 0 saturated carbocycles. The SMILES string of the molecule is COc1ccc([C@H]2O[C@@H](S(=O)(=O)c3ccccc3)CC2S(=O)(=O)c2ccccc2)cc1. The first kappa shape index (κ1) is 21.5. The van der Waals surface area contributed by atoms with Gasteiger partial charge in [-0.3, -0.25) is 0 Å². The molecule has 1 fully saturated rings. The van der Waals surface area contributed by atoms with E-state index in [9.17, 15) is 16.8 Å². The van der Waals surface area contributed by atoms with Gasteiger partial charge in [0, 0.05) is 6.42 Å². The fourth-order valence-electron chi connectivity index (χ4n) is 3.74. The molecule has 0 spiro atoms. The maximum Gasteiger partial charge on any atom is 0.205 e. The Labute approximate surface area is 182 Å². The van der Waals surface area contributed by atoms with Crippen molar-refractivity contribution in [2.75, 3.05) is 7.11 Å². The molecule has 0 bridgehead atoms. The van der Waals surface area contributed by atoms with E-state index in [1.165, 1.54) is 31.4 Å². The van der Waals surface area contributed by atoms with Crippen LogP contribution in [0.4, 0.5) is 0 Å². The van der Waals surface area contributed by atoms with Crippen LogP contribution < -0.4 is 4.74 Å². The van der Waals surface area contributed by atoms with Crippen LogP contribution in [0.2, 0.25) is 0 Å². The minimum Gasteiger partial charge on any atom is -0.497 e. The summed E-state index contributed by atoms with van der Waals surface area (Å²) in [4.78, 5) is 0.242. The van der Waals surface area contributed by atoms with Crippen LogP contribution in [0.5, 0.6) is 5.75 Å². The summed E-state index contributed by atoms with van der Waals surface area (Å²) in [6.07, 6.45) is -1.09. The van der Waals surface area contributed by atoms with Gasteiger partial charge in [-0.25, -0.2) is 16.8 Å². The fraction of sp³-hybridized carbons (Fsp3) is 0.217. The van der Waals surface area contributed by atoms with Crippen molar-refractivity contribution in [3.63, 3.8) is 0 Å². The van der Waals surface area contributed by atoms with E-state index >= 15 is 0 Å². The first-order chi connectivity index (χ1) is 14.8. The third-order valence-corrected chi connectivity index (χ3v) is 9.48. The smallest absolute Gasteiger partial charge is 0.205 e. The summed E-state index contributed by atoms with van der Waals surface area (Å²) in [5, 5.41) is -1.05. The molecule has 0 radical (unpaired) electrons. The molecule has 3 aromatic rings. The van der Waals surface area contributed by atoms with Crippen LogP contribution in [0.1, 0.15) is 18.1 Å². The van der Waals surface area contributed by atoms with Gasteiger partial charge in [0.15, 0.2) is 15.3 Å². The van der Waals surface area contributed by atoms with Crippen molar-refractivity contribution in [2.45, 2.75) is 33.0 Å². The van der Waals surface area contributed by atoms with Crippen molar-refractivity contribution in [1.82, 2.24) is 0 Å². The molecule has 1 heterocycles. The first-order valence-corrected chi connectivity index (χ1v) is 12.8. The number of hydrogen-bond donors (Lipinski definition) is 0. The van der Waals surface area contributed by atoms with E-state index in [0.717, 1.165) is 0 Å². The number of methoxy groups -OCH3 is 1. The van der Waals surface area contributed by atoms with Crippen LogP contribution in [0.15, 0.2) is 94.7 Å². The Balaban J connectivity index is 1.76. The van der Waals surface area contributed by atoms with Crippen LogP contribution in [0.3, 0.4) is 0 Å².